The van der Waals surface area contributed by atoms with E-state index in [4.69, 9.17) is 4.98 Å². The number of fused-ring (bicyclic) bond motifs is 1. The minimum Gasteiger partial charge on any atom is -0.359 e. The van der Waals surface area contributed by atoms with E-state index in [1.54, 1.807) is 37.6 Å². The van der Waals surface area contributed by atoms with Crippen LogP contribution in [0.4, 0.5) is 14.6 Å². The molecule has 2 aromatic heterocycles. The Hall–Kier alpha value is -3.94. The molecular formula is C24H19F2N5O. The number of hydrogen-bond acceptors (Lipinski definition) is 5. The highest BCUT2D eigenvalue weighted by molar-refractivity contribution is 5.95. The van der Waals surface area contributed by atoms with Gasteiger partial charge in [0.2, 0.25) is 5.91 Å². The zero-order valence-corrected chi connectivity index (χ0v) is 17.2. The van der Waals surface area contributed by atoms with Gasteiger partial charge in [-0.25, -0.2) is 18.7 Å². The Morgan fingerprint density at radius 1 is 1.06 bits per heavy atom. The standard InChI is InChI=1S/C24H19F2N5O/c1-27-24(32)16-12-31(13-16)23-19-9-14(18-6-5-17(25)10-20(18)26)4-7-21(19)29-22(30-23)15-3-2-8-28-11-15/h2-11,16H,12-13H2,1H3,(H,27,32). The Labute approximate surface area is 183 Å². The number of carbonyl (C=O) groups is 1. The van der Waals surface area contributed by atoms with Crippen LogP contribution in [0, 0.1) is 17.6 Å². The van der Waals surface area contributed by atoms with Crippen molar-refractivity contribution in [3.05, 3.63) is 72.6 Å². The fourth-order valence-corrected chi connectivity index (χ4v) is 3.89. The van der Waals surface area contributed by atoms with Gasteiger partial charge in [0.05, 0.1) is 11.4 Å². The maximum atomic E-state index is 14.4. The van der Waals surface area contributed by atoms with Gasteiger partial charge in [-0.1, -0.05) is 6.07 Å². The average molecular weight is 431 g/mol. The third-order valence-corrected chi connectivity index (χ3v) is 5.64. The van der Waals surface area contributed by atoms with Gasteiger partial charge >= 0.3 is 0 Å². The molecule has 0 atom stereocenters. The first-order chi connectivity index (χ1) is 15.5. The molecule has 32 heavy (non-hydrogen) atoms. The summed E-state index contributed by atoms with van der Waals surface area (Å²) in [6.45, 7) is 1.04. The van der Waals surface area contributed by atoms with E-state index in [9.17, 15) is 13.6 Å². The van der Waals surface area contributed by atoms with Gasteiger partial charge in [0.25, 0.3) is 0 Å². The van der Waals surface area contributed by atoms with E-state index in [0.717, 1.165) is 17.0 Å². The van der Waals surface area contributed by atoms with Gasteiger partial charge in [-0.3, -0.25) is 9.78 Å². The number of nitrogens with zero attached hydrogens (tertiary/aromatic N) is 4. The summed E-state index contributed by atoms with van der Waals surface area (Å²) in [5.74, 6) is -0.214. The normalized spacial score (nSPS) is 13.8. The molecule has 1 N–H and O–H groups in total. The Balaban J connectivity index is 1.63. The molecule has 0 aliphatic carbocycles. The molecule has 2 aromatic carbocycles. The molecule has 1 fully saturated rings. The summed E-state index contributed by atoms with van der Waals surface area (Å²) >= 11 is 0. The van der Waals surface area contributed by atoms with Gasteiger partial charge in [0.1, 0.15) is 17.5 Å². The molecule has 3 heterocycles. The zero-order valence-electron chi connectivity index (χ0n) is 17.2. The third kappa shape index (κ3) is 3.53. The molecule has 160 valence electrons. The first-order valence-corrected chi connectivity index (χ1v) is 10.2. The molecule has 0 bridgehead atoms. The van der Waals surface area contributed by atoms with E-state index >= 15 is 0 Å². The van der Waals surface area contributed by atoms with Crippen molar-refractivity contribution in [2.24, 2.45) is 5.92 Å². The lowest BCUT2D eigenvalue weighted by atomic mass is 9.97. The lowest BCUT2D eigenvalue weighted by Crippen LogP contribution is -2.53. The Morgan fingerprint density at radius 2 is 1.91 bits per heavy atom. The molecule has 6 nitrogen and oxygen atoms in total. The molecule has 0 unspecified atom stereocenters. The van der Waals surface area contributed by atoms with Crippen molar-refractivity contribution in [3.63, 3.8) is 0 Å². The van der Waals surface area contributed by atoms with Crippen molar-refractivity contribution in [2.45, 2.75) is 0 Å². The molecule has 1 saturated heterocycles. The van der Waals surface area contributed by atoms with Gasteiger partial charge < -0.3 is 10.2 Å². The number of carbonyl (C=O) groups excluding carboxylic acids is 1. The van der Waals surface area contributed by atoms with E-state index in [2.05, 4.69) is 15.3 Å². The van der Waals surface area contributed by atoms with Crippen molar-refractivity contribution in [2.75, 3.05) is 25.0 Å². The highest BCUT2D eigenvalue weighted by atomic mass is 19.1. The topological polar surface area (TPSA) is 71.0 Å². The number of amides is 1. The summed E-state index contributed by atoms with van der Waals surface area (Å²) in [5.41, 5.74) is 2.34. The highest BCUT2D eigenvalue weighted by Crippen LogP contribution is 2.35. The molecule has 0 radical (unpaired) electrons. The van der Waals surface area contributed by atoms with Crippen LogP contribution in [0.15, 0.2) is 60.9 Å². The summed E-state index contributed by atoms with van der Waals surface area (Å²) in [6, 6.07) is 12.6. The molecule has 1 amide bonds. The van der Waals surface area contributed by atoms with Crippen molar-refractivity contribution in [1.29, 1.82) is 0 Å². The lowest BCUT2D eigenvalue weighted by molar-refractivity contribution is -0.125. The van der Waals surface area contributed by atoms with Crippen LogP contribution in [0.3, 0.4) is 0 Å². The van der Waals surface area contributed by atoms with E-state index < -0.39 is 11.6 Å². The number of pyridine rings is 1. The van der Waals surface area contributed by atoms with E-state index in [0.29, 0.717) is 41.4 Å². The van der Waals surface area contributed by atoms with E-state index in [1.807, 2.05) is 17.0 Å². The monoisotopic (exact) mass is 431 g/mol. The van der Waals surface area contributed by atoms with Gasteiger partial charge in [0.15, 0.2) is 5.82 Å². The second-order valence-electron chi connectivity index (χ2n) is 7.68. The molecule has 8 heteroatoms. The van der Waals surface area contributed by atoms with Crippen LogP contribution in [0.5, 0.6) is 0 Å². The van der Waals surface area contributed by atoms with Gasteiger partial charge in [-0.05, 0) is 42.0 Å². The number of benzene rings is 2. The van der Waals surface area contributed by atoms with Crippen LogP contribution in [-0.4, -0.2) is 41.0 Å². The summed E-state index contributed by atoms with van der Waals surface area (Å²) in [6.07, 6.45) is 3.37. The van der Waals surface area contributed by atoms with E-state index in [-0.39, 0.29) is 11.8 Å². The minimum atomic E-state index is -0.637. The van der Waals surface area contributed by atoms with E-state index in [1.165, 1.54) is 12.1 Å². The van der Waals surface area contributed by atoms with Crippen LogP contribution in [0.2, 0.25) is 0 Å². The molecule has 1 aliphatic heterocycles. The SMILES string of the molecule is CNC(=O)C1CN(c2nc(-c3cccnc3)nc3ccc(-c4ccc(F)cc4F)cc23)C1. The van der Waals surface area contributed by atoms with Gasteiger partial charge in [0, 0.05) is 55.1 Å². The number of halogens is 2. The van der Waals surface area contributed by atoms with Crippen molar-refractivity contribution >= 4 is 22.6 Å². The minimum absolute atomic E-state index is 0.0128. The first-order valence-electron chi connectivity index (χ1n) is 10.2. The van der Waals surface area contributed by atoms with Crippen LogP contribution in [0.25, 0.3) is 33.4 Å². The van der Waals surface area contributed by atoms with Crippen LogP contribution in [0.1, 0.15) is 0 Å². The van der Waals surface area contributed by atoms with Crippen LogP contribution in [-0.2, 0) is 4.79 Å². The smallest absolute Gasteiger partial charge is 0.226 e. The second kappa shape index (κ2) is 7.96. The number of rotatable bonds is 4. The first kappa shape index (κ1) is 20.0. The fraction of sp³-hybridized carbons (Fsp3) is 0.167. The van der Waals surface area contributed by atoms with Gasteiger partial charge in [-0.2, -0.15) is 0 Å². The zero-order chi connectivity index (χ0) is 22.2. The molecule has 0 saturated carbocycles. The number of nitrogens with one attached hydrogen (secondary N) is 1. The summed E-state index contributed by atoms with van der Waals surface area (Å²) in [7, 11) is 1.62. The number of hydrogen-bond donors (Lipinski definition) is 1. The van der Waals surface area contributed by atoms with Crippen molar-refractivity contribution < 1.29 is 13.6 Å². The number of anilines is 1. The summed E-state index contributed by atoms with van der Waals surface area (Å²) in [5, 5.41) is 3.41. The molecule has 0 spiro atoms. The van der Waals surface area contributed by atoms with Gasteiger partial charge in [-0.15, -0.1) is 0 Å². The Morgan fingerprint density at radius 3 is 2.62 bits per heavy atom. The molecule has 4 aromatic rings. The predicted molar refractivity (Wildman–Crippen MR) is 118 cm³/mol. The maximum Gasteiger partial charge on any atom is 0.226 e. The van der Waals surface area contributed by atoms with Crippen molar-refractivity contribution in [3.8, 4) is 22.5 Å². The third-order valence-electron chi connectivity index (χ3n) is 5.64. The quantitative estimate of drug-likeness (QED) is 0.532. The summed E-state index contributed by atoms with van der Waals surface area (Å²) < 4.78 is 27.8. The maximum absolute atomic E-state index is 14.4. The Bertz CT molecular complexity index is 1320. The Kier molecular flexibility index (Phi) is 4.97. The second-order valence-corrected chi connectivity index (χ2v) is 7.68. The number of aromatic nitrogens is 3. The predicted octanol–water partition coefficient (Wildman–Crippen LogP) is 3.82. The summed E-state index contributed by atoms with van der Waals surface area (Å²) in [4.78, 5) is 27.6. The molecule has 1 aliphatic rings. The lowest BCUT2D eigenvalue weighted by Gasteiger charge is -2.39. The van der Waals surface area contributed by atoms with Crippen LogP contribution < -0.4 is 10.2 Å². The fourth-order valence-electron chi connectivity index (χ4n) is 3.89. The highest BCUT2D eigenvalue weighted by Gasteiger charge is 2.34. The van der Waals surface area contributed by atoms with Crippen molar-refractivity contribution in [1.82, 2.24) is 20.3 Å². The molecular weight excluding hydrogens is 412 g/mol. The largest absolute Gasteiger partial charge is 0.359 e. The van der Waals surface area contributed by atoms with Crippen LogP contribution >= 0.6 is 0 Å². The average Bonchev–Trinajstić information content (AvgIpc) is 2.78. The molecule has 5 rings (SSSR count).